The van der Waals surface area contributed by atoms with Gasteiger partial charge in [-0.1, -0.05) is 24.3 Å². The number of rotatable bonds is 5. The molecule has 1 aromatic heterocycles. The van der Waals surface area contributed by atoms with Crippen molar-refractivity contribution in [2.24, 2.45) is 0 Å². The van der Waals surface area contributed by atoms with Crippen LogP contribution in [0.25, 0.3) is 0 Å². The first kappa shape index (κ1) is 13.1. The summed E-state index contributed by atoms with van der Waals surface area (Å²) in [4.78, 5) is 2.49. The van der Waals surface area contributed by atoms with E-state index in [1.54, 1.807) is 0 Å². The van der Waals surface area contributed by atoms with E-state index in [2.05, 4.69) is 47.5 Å². The monoisotopic (exact) mass is 282 g/mol. The van der Waals surface area contributed by atoms with Crippen LogP contribution in [0.2, 0.25) is 0 Å². The van der Waals surface area contributed by atoms with Gasteiger partial charge in [-0.15, -0.1) is 0 Å². The van der Waals surface area contributed by atoms with E-state index in [0.29, 0.717) is 0 Å². The van der Waals surface area contributed by atoms with Crippen LogP contribution in [0.15, 0.2) is 34.7 Å². The predicted octanol–water partition coefficient (Wildman–Crippen LogP) is 3.36. The van der Waals surface area contributed by atoms with Crippen LogP contribution in [-0.2, 0) is 26.2 Å². The van der Waals surface area contributed by atoms with Crippen LogP contribution in [-0.4, -0.2) is 10.9 Å². The summed E-state index contributed by atoms with van der Waals surface area (Å²) >= 11 is 0. The van der Waals surface area contributed by atoms with Gasteiger partial charge in [0.1, 0.15) is 11.5 Å². The quantitative estimate of drug-likeness (QED) is 0.911. The lowest BCUT2D eigenvalue weighted by Crippen LogP contribution is -2.16. The fourth-order valence-corrected chi connectivity index (χ4v) is 3.12. The van der Waals surface area contributed by atoms with Crippen molar-refractivity contribution in [2.45, 2.75) is 52.0 Å². The summed E-state index contributed by atoms with van der Waals surface area (Å²) in [7, 11) is 0. The van der Waals surface area contributed by atoms with Gasteiger partial charge in [0, 0.05) is 31.2 Å². The zero-order valence-electron chi connectivity index (χ0n) is 12.6. The standard InChI is InChI=1S/C18H22N2O/c1-13-16(8-18(21-13)9-19-17-6-7-17)12-20-10-14-4-2-3-5-15(14)11-20/h2-5,8,17,19H,6-7,9-12H2,1H3. The van der Waals surface area contributed by atoms with Crippen molar-refractivity contribution < 1.29 is 4.42 Å². The first-order chi connectivity index (χ1) is 10.3. The van der Waals surface area contributed by atoms with Crippen LogP contribution in [0.4, 0.5) is 0 Å². The highest BCUT2D eigenvalue weighted by Crippen LogP contribution is 2.26. The first-order valence-corrected chi connectivity index (χ1v) is 7.88. The molecule has 3 heteroatoms. The summed E-state index contributed by atoms with van der Waals surface area (Å²) in [6.07, 6.45) is 2.64. The number of furan rings is 1. The van der Waals surface area contributed by atoms with E-state index in [4.69, 9.17) is 4.42 Å². The molecule has 0 radical (unpaired) electrons. The maximum atomic E-state index is 5.89. The minimum Gasteiger partial charge on any atom is -0.465 e. The smallest absolute Gasteiger partial charge is 0.118 e. The molecule has 1 aliphatic carbocycles. The Morgan fingerprint density at radius 2 is 1.90 bits per heavy atom. The second-order valence-corrected chi connectivity index (χ2v) is 6.36. The normalized spacial score (nSPS) is 18.1. The van der Waals surface area contributed by atoms with Crippen LogP contribution < -0.4 is 5.32 Å². The molecular weight excluding hydrogens is 260 g/mol. The summed E-state index contributed by atoms with van der Waals surface area (Å²) in [5, 5.41) is 3.51. The van der Waals surface area contributed by atoms with Gasteiger partial charge in [0.2, 0.25) is 0 Å². The van der Waals surface area contributed by atoms with Crippen molar-refractivity contribution in [3.63, 3.8) is 0 Å². The molecule has 0 bridgehead atoms. The van der Waals surface area contributed by atoms with Gasteiger partial charge >= 0.3 is 0 Å². The molecule has 0 saturated heterocycles. The van der Waals surface area contributed by atoms with E-state index in [-0.39, 0.29) is 0 Å². The fraction of sp³-hybridized carbons (Fsp3) is 0.444. The fourth-order valence-electron chi connectivity index (χ4n) is 3.12. The lowest BCUT2D eigenvalue weighted by Gasteiger charge is -2.13. The second-order valence-electron chi connectivity index (χ2n) is 6.36. The van der Waals surface area contributed by atoms with Crippen LogP contribution in [0.1, 0.15) is 41.1 Å². The lowest BCUT2D eigenvalue weighted by atomic mass is 10.1. The molecule has 0 amide bonds. The molecule has 3 nitrogen and oxygen atoms in total. The SMILES string of the molecule is Cc1oc(CNC2CC2)cc1CN1Cc2ccccc2C1. The molecule has 2 aliphatic rings. The van der Waals surface area contributed by atoms with Gasteiger partial charge in [0.15, 0.2) is 0 Å². The predicted molar refractivity (Wildman–Crippen MR) is 82.7 cm³/mol. The molecule has 1 aromatic carbocycles. The molecule has 1 aliphatic heterocycles. The molecule has 1 N–H and O–H groups in total. The number of benzene rings is 1. The Kier molecular flexibility index (Phi) is 3.32. The summed E-state index contributed by atoms with van der Waals surface area (Å²) in [5.74, 6) is 2.14. The van der Waals surface area contributed by atoms with E-state index in [1.165, 1.54) is 29.5 Å². The number of hydrogen-bond acceptors (Lipinski definition) is 3. The van der Waals surface area contributed by atoms with E-state index < -0.39 is 0 Å². The number of fused-ring (bicyclic) bond motifs is 1. The highest BCUT2D eigenvalue weighted by molar-refractivity contribution is 5.31. The van der Waals surface area contributed by atoms with Crippen LogP contribution >= 0.6 is 0 Å². The molecule has 2 aromatic rings. The first-order valence-electron chi connectivity index (χ1n) is 7.88. The Bertz CT molecular complexity index is 617. The summed E-state index contributed by atoms with van der Waals surface area (Å²) in [6, 6.07) is 11.7. The molecule has 0 atom stereocenters. The lowest BCUT2D eigenvalue weighted by molar-refractivity contribution is 0.273. The molecule has 1 fully saturated rings. The van der Waals surface area contributed by atoms with Gasteiger partial charge in [-0.2, -0.15) is 0 Å². The molecule has 21 heavy (non-hydrogen) atoms. The Morgan fingerprint density at radius 3 is 2.57 bits per heavy atom. The molecule has 0 unspecified atom stereocenters. The molecule has 0 spiro atoms. The Morgan fingerprint density at radius 1 is 1.19 bits per heavy atom. The Hall–Kier alpha value is -1.58. The van der Waals surface area contributed by atoms with Crippen LogP contribution in [0.5, 0.6) is 0 Å². The third kappa shape index (κ3) is 2.89. The Labute approximate surface area is 126 Å². The molecular formula is C18H22N2O. The maximum Gasteiger partial charge on any atom is 0.118 e. The summed E-state index contributed by atoms with van der Waals surface area (Å²) in [6.45, 7) is 6.03. The van der Waals surface area contributed by atoms with Gasteiger partial charge in [-0.25, -0.2) is 0 Å². The number of nitrogens with one attached hydrogen (secondary N) is 1. The van der Waals surface area contributed by atoms with Crippen molar-refractivity contribution in [2.75, 3.05) is 0 Å². The number of aryl methyl sites for hydroxylation is 1. The molecule has 4 rings (SSSR count). The van der Waals surface area contributed by atoms with Gasteiger partial charge in [-0.05, 0) is 37.0 Å². The topological polar surface area (TPSA) is 28.4 Å². The Balaban J connectivity index is 1.40. The van der Waals surface area contributed by atoms with E-state index in [9.17, 15) is 0 Å². The minimum absolute atomic E-state index is 0.729. The van der Waals surface area contributed by atoms with Crippen molar-refractivity contribution in [3.05, 3.63) is 58.5 Å². The summed E-state index contributed by atoms with van der Waals surface area (Å²) < 4.78 is 5.89. The van der Waals surface area contributed by atoms with Crippen molar-refractivity contribution in [1.82, 2.24) is 10.2 Å². The van der Waals surface area contributed by atoms with E-state index in [1.807, 2.05) is 0 Å². The van der Waals surface area contributed by atoms with E-state index >= 15 is 0 Å². The van der Waals surface area contributed by atoms with Crippen molar-refractivity contribution in [3.8, 4) is 0 Å². The number of nitrogens with zero attached hydrogens (tertiary/aromatic N) is 1. The van der Waals surface area contributed by atoms with Crippen LogP contribution in [0.3, 0.4) is 0 Å². The molecule has 110 valence electrons. The van der Waals surface area contributed by atoms with Crippen LogP contribution in [0, 0.1) is 6.92 Å². The highest BCUT2D eigenvalue weighted by atomic mass is 16.3. The third-order valence-electron chi connectivity index (χ3n) is 4.51. The van der Waals surface area contributed by atoms with Crippen molar-refractivity contribution in [1.29, 1.82) is 0 Å². The average Bonchev–Trinajstić information content (AvgIpc) is 3.12. The summed E-state index contributed by atoms with van der Waals surface area (Å²) in [5.41, 5.74) is 4.26. The van der Waals surface area contributed by atoms with E-state index in [0.717, 1.165) is 43.7 Å². The third-order valence-corrected chi connectivity index (χ3v) is 4.51. The highest BCUT2D eigenvalue weighted by Gasteiger charge is 2.22. The van der Waals surface area contributed by atoms with Gasteiger partial charge in [0.25, 0.3) is 0 Å². The van der Waals surface area contributed by atoms with Gasteiger partial charge < -0.3 is 9.73 Å². The largest absolute Gasteiger partial charge is 0.465 e. The van der Waals surface area contributed by atoms with Gasteiger partial charge in [-0.3, -0.25) is 4.90 Å². The zero-order valence-corrected chi connectivity index (χ0v) is 12.6. The molecule has 2 heterocycles. The molecule has 1 saturated carbocycles. The minimum atomic E-state index is 0.729. The second kappa shape index (κ2) is 5.32. The van der Waals surface area contributed by atoms with Crippen molar-refractivity contribution >= 4 is 0 Å². The van der Waals surface area contributed by atoms with Gasteiger partial charge in [0.05, 0.1) is 6.54 Å². The zero-order chi connectivity index (χ0) is 14.2. The number of hydrogen-bond donors (Lipinski definition) is 1. The average molecular weight is 282 g/mol. The maximum absolute atomic E-state index is 5.89.